The van der Waals surface area contributed by atoms with E-state index in [1.807, 2.05) is 6.92 Å². The summed E-state index contributed by atoms with van der Waals surface area (Å²) in [6.45, 7) is 7.53. The molecule has 0 aromatic carbocycles. The predicted molar refractivity (Wildman–Crippen MR) is 79.0 cm³/mol. The Morgan fingerprint density at radius 2 is 2.05 bits per heavy atom. The molecule has 1 aliphatic rings. The van der Waals surface area contributed by atoms with Crippen LogP contribution in [0.5, 0.6) is 5.88 Å². The maximum atomic E-state index is 6.01. The highest BCUT2D eigenvalue weighted by Crippen LogP contribution is 2.31. The highest BCUT2D eigenvalue weighted by atomic mass is 35.5. The second-order valence-electron chi connectivity index (χ2n) is 5.59. The van der Waals surface area contributed by atoms with E-state index >= 15 is 0 Å². The van der Waals surface area contributed by atoms with Crippen LogP contribution in [0.25, 0.3) is 0 Å². The third-order valence-electron chi connectivity index (χ3n) is 3.99. The van der Waals surface area contributed by atoms with Gasteiger partial charge in [-0.1, -0.05) is 25.4 Å². The molecule has 4 nitrogen and oxygen atoms in total. The van der Waals surface area contributed by atoms with Crippen molar-refractivity contribution in [3.63, 3.8) is 0 Å². The lowest BCUT2D eigenvalue weighted by Crippen LogP contribution is -2.29. The van der Waals surface area contributed by atoms with Gasteiger partial charge < -0.3 is 9.47 Å². The fourth-order valence-corrected chi connectivity index (χ4v) is 2.73. The summed E-state index contributed by atoms with van der Waals surface area (Å²) in [4.78, 5) is 8.51. The first kappa shape index (κ1) is 15.5. The molecular weight excluding hydrogens is 276 g/mol. The Kier molecular flexibility index (Phi) is 5.61. The van der Waals surface area contributed by atoms with Crippen LogP contribution >= 0.6 is 11.6 Å². The van der Waals surface area contributed by atoms with E-state index < -0.39 is 0 Å². The molecule has 3 atom stereocenters. The smallest absolute Gasteiger partial charge is 0.218 e. The van der Waals surface area contributed by atoms with Crippen molar-refractivity contribution in [2.24, 2.45) is 11.8 Å². The SMILES string of the molecule is CCOCc1nc(Cl)cc(OC2CCC(C)C(C)C2)n1. The molecule has 0 amide bonds. The normalized spacial score (nSPS) is 26.5. The summed E-state index contributed by atoms with van der Waals surface area (Å²) in [6, 6.07) is 1.68. The van der Waals surface area contributed by atoms with Crippen molar-refractivity contribution in [1.82, 2.24) is 9.97 Å². The van der Waals surface area contributed by atoms with Crippen molar-refractivity contribution < 1.29 is 9.47 Å². The molecule has 0 saturated heterocycles. The Morgan fingerprint density at radius 3 is 2.75 bits per heavy atom. The van der Waals surface area contributed by atoms with Gasteiger partial charge in [0, 0.05) is 12.7 Å². The molecule has 1 fully saturated rings. The van der Waals surface area contributed by atoms with Gasteiger partial charge in [0.15, 0.2) is 5.82 Å². The molecule has 5 heteroatoms. The van der Waals surface area contributed by atoms with Crippen LogP contribution in [0.1, 0.15) is 45.9 Å². The van der Waals surface area contributed by atoms with E-state index in [0.29, 0.717) is 36.0 Å². The zero-order valence-corrected chi connectivity index (χ0v) is 13.2. The van der Waals surface area contributed by atoms with Crippen LogP contribution in [0.15, 0.2) is 6.07 Å². The number of hydrogen-bond donors (Lipinski definition) is 0. The van der Waals surface area contributed by atoms with E-state index in [1.165, 1.54) is 6.42 Å². The highest BCUT2D eigenvalue weighted by Gasteiger charge is 2.26. The summed E-state index contributed by atoms with van der Waals surface area (Å²) in [5.74, 6) is 2.60. The standard InChI is InChI=1S/C15H23ClN2O2/c1-4-19-9-14-17-13(16)8-15(18-14)20-12-6-5-10(2)11(3)7-12/h8,10-12H,4-7,9H2,1-3H3. The third kappa shape index (κ3) is 4.32. The van der Waals surface area contributed by atoms with Gasteiger partial charge in [0.1, 0.15) is 17.9 Å². The molecule has 0 N–H and O–H groups in total. The summed E-state index contributed by atoms with van der Waals surface area (Å²) in [7, 11) is 0. The van der Waals surface area contributed by atoms with Crippen molar-refractivity contribution in [2.75, 3.05) is 6.61 Å². The van der Waals surface area contributed by atoms with Gasteiger partial charge in [-0.05, 0) is 38.0 Å². The van der Waals surface area contributed by atoms with Gasteiger partial charge in [-0.2, -0.15) is 4.98 Å². The number of rotatable bonds is 5. The lowest BCUT2D eigenvalue weighted by Gasteiger charge is -2.31. The largest absolute Gasteiger partial charge is 0.474 e. The van der Waals surface area contributed by atoms with Crippen LogP contribution in [0.3, 0.4) is 0 Å². The van der Waals surface area contributed by atoms with Crippen LogP contribution in [0.2, 0.25) is 5.15 Å². The Balaban J connectivity index is 1.99. The number of ether oxygens (including phenoxy) is 2. The van der Waals surface area contributed by atoms with E-state index in [1.54, 1.807) is 6.07 Å². The zero-order chi connectivity index (χ0) is 14.5. The lowest BCUT2D eigenvalue weighted by molar-refractivity contribution is 0.0938. The fourth-order valence-electron chi connectivity index (χ4n) is 2.54. The Morgan fingerprint density at radius 1 is 1.25 bits per heavy atom. The molecule has 1 aromatic rings. The van der Waals surface area contributed by atoms with Gasteiger partial charge in [-0.3, -0.25) is 0 Å². The molecule has 2 rings (SSSR count). The second-order valence-corrected chi connectivity index (χ2v) is 5.98. The van der Waals surface area contributed by atoms with Crippen LogP contribution < -0.4 is 4.74 Å². The van der Waals surface area contributed by atoms with Crippen LogP contribution in [-0.4, -0.2) is 22.7 Å². The highest BCUT2D eigenvalue weighted by molar-refractivity contribution is 6.29. The van der Waals surface area contributed by atoms with Crippen molar-refractivity contribution >= 4 is 11.6 Å². The fraction of sp³-hybridized carbons (Fsp3) is 0.733. The number of nitrogens with zero attached hydrogens (tertiary/aromatic N) is 2. The van der Waals surface area contributed by atoms with E-state index in [9.17, 15) is 0 Å². The first-order valence-corrected chi connectivity index (χ1v) is 7.74. The minimum Gasteiger partial charge on any atom is -0.474 e. The molecule has 1 aromatic heterocycles. The van der Waals surface area contributed by atoms with Crippen molar-refractivity contribution in [3.05, 3.63) is 17.0 Å². The second kappa shape index (κ2) is 7.23. The monoisotopic (exact) mass is 298 g/mol. The molecule has 0 aliphatic heterocycles. The topological polar surface area (TPSA) is 44.2 Å². The van der Waals surface area contributed by atoms with Crippen molar-refractivity contribution in [3.8, 4) is 5.88 Å². The van der Waals surface area contributed by atoms with Crippen molar-refractivity contribution in [1.29, 1.82) is 0 Å². The van der Waals surface area contributed by atoms with Crippen LogP contribution in [0, 0.1) is 11.8 Å². The molecule has 0 bridgehead atoms. The molecule has 20 heavy (non-hydrogen) atoms. The summed E-state index contributed by atoms with van der Waals surface area (Å²) in [6.07, 6.45) is 3.58. The van der Waals surface area contributed by atoms with Gasteiger partial charge in [0.2, 0.25) is 5.88 Å². The van der Waals surface area contributed by atoms with Crippen molar-refractivity contribution in [2.45, 2.75) is 52.7 Å². The van der Waals surface area contributed by atoms with E-state index in [0.717, 1.165) is 18.8 Å². The van der Waals surface area contributed by atoms with E-state index in [4.69, 9.17) is 21.1 Å². The number of aromatic nitrogens is 2. The maximum Gasteiger partial charge on any atom is 0.218 e. The maximum absolute atomic E-state index is 6.01. The quantitative estimate of drug-likeness (QED) is 0.774. The molecule has 0 spiro atoms. The molecule has 1 heterocycles. The third-order valence-corrected chi connectivity index (χ3v) is 4.18. The van der Waals surface area contributed by atoms with Gasteiger partial charge in [-0.25, -0.2) is 4.98 Å². The molecule has 1 aliphatic carbocycles. The number of hydrogen-bond acceptors (Lipinski definition) is 4. The lowest BCUT2D eigenvalue weighted by atomic mass is 9.80. The van der Waals surface area contributed by atoms with Gasteiger partial charge in [0.05, 0.1) is 0 Å². The Hall–Kier alpha value is -0.870. The molecule has 1 saturated carbocycles. The summed E-state index contributed by atoms with van der Waals surface area (Å²) >= 11 is 6.01. The van der Waals surface area contributed by atoms with Crippen LogP contribution in [0.4, 0.5) is 0 Å². The molecule has 0 radical (unpaired) electrons. The first-order valence-electron chi connectivity index (χ1n) is 7.36. The van der Waals surface area contributed by atoms with Crippen LogP contribution in [-0.2, 0) is 11.3 Å². The number of halogens is 1. The zero-order valence-electron chi connectivity index (χ0n) is 12.4. The van der Waals surface area contributed by atoms with E-state index in [-0.39, 0.29) is 6.10 Å². The Labute approximate surface area is 125 Å². The summed E-state index contributed by atoms with van der Waals surface area (Å²) < 4.78 is 11.3. The minimum atomic E-state index is 0.229. The van der Waals surface area contributed by atoms with Gasteiger partial charge >= 0.3 is 0 Å². The summed E-state index contributed by atoms with van der Waals surface area (Å²) in [5, 5.41) is 0.405. The Bertz CT molecular complexity index is 442. The van der Waals surface area contributed by atoms with E-state index in [2.05, 4.69) is 23.8 Å². The molecule has 112 valence electrons. The minimum absolute atomic E-state index is 0.229. The average molecular weight is 299 g/mol. The van der Waals surface area contributed by atoms with Gasteiger partial charge in [0.25, 0.3) is 0 Å². The predicted octanol–water partition coefficient (Wildman–Crippen LogP) is 3.87. The van der Waals surface area contributed by atoms with Gasteiger partial charge in [-0.15, -0.1) is 0 Å². The first-order chi connectivity index (χ1) is 9.58. The molecule has 3 unspecified atom stereocenters. The molecular formula is C15H23ClN2O2. The summed E-state index contributed by atoms with van der Waals surface area (Å²) in [5.41, 5.74) is 0. The average Bonchev–Trinajstić information content (AvgIpc) is 2.40.